The van der Waals surface area contributed by atoms with Crippen molar-refractivity contribution in [3.05, 3.63) is 59.7 Å². The van der Waals surface area contributed by atoms with E-state index in [2.05, 4.69) is 52.7 Å². The maximum Gasteiger partial charge on any atom is 0.132 e. The number of ether oxygens (including phenoxy) is 1. The number of benzene rings is 2. The molecule has 0 spiro atoms. The van der Waals surface area contributed by atoms with Gasteiger partial charge in [-0.25, -0.2) is 0 Å². The van der Waals surface area contributed by atoms with Gasteiger partial charge < -0.3 is 10.1 Å². The van der Waals surface area contributed by atoms with Crippen LogP contribution in [0.3, 0.4) is 0 Å². The summed E-state index contributed by atoms with van der Waals surface area (Å²) in [5.41, 5.74) is 2.62. The van der Waals surface area contributed by atoms with Crippen LogP contribution in [-0.4, -0.2) is 31.1 Å². The molecule has 1 fully saturated rings. The number of hydrogen-bond donors (Lipinski definition) is 1. The quantitative estimate of drug-likeness (QED) is 0.869. The summed E-state index contributed by atoms with van der Waals surface area (Å²) in [6, 6.07) is 17.3. The van der Waals surface area contributed by atoms with Gasteiger partial charge in [-0.3, -0.25) is 4.90 Å². The summed E-state index contributed by atoms with van der Waals surface area (Å²) in [6.07, 6.45) is 1.02. The van der Waals surface area contributed by atoms with Gasteiger partial charge in [0.15, 0.2) is 0 Å². The van der Waals surface area contributed by atoms with Crippen molar-refractivity contribution in [2.45, 2.75) is 12.5 Å². The van der Waals surface area contributed by atoms with E-state index in [1.165, 1.54) is 11.1 Å². The van der Waals surface area contributed by atoms with Gasteiger partial charge in [-0.15, -0.1) is 0 Å². The molecule has 4 rings (SSSR count). The van der Waals surface area contributed by atoms with Crippen molar-refractivity contribution < 1.29 is 4.74 Å². The van der Waals surface area contributed by atoms with Crippen LogP contribution in [0.2, 0.25) is 0 Å². The molecule has 3 nitrogen and oxygen atoms in total. The molecule has 2 aromatic carbocycles. The van der Waals surface area contributed by atoms with Crippen molar-refractivity contribution in [3.63, 3.8) is 0 Å². The molecule has 0 radical (unpaired) electrons. The summed E-state index contributed by atoms with van der Waals surface area (Å²) >= 11 is 0. The summed E-state index contributed by atoms with van der Waals surface area (Å²) in [6.45, 7) is 4.34. The van der Waals surface area contributed by atoms with Crippen LogP contribution >= 0.6 is 0 Å². The van der Waals surface area contributed by atoms with Gasteiger partial charge in [-0.05, 0) is 24.1 Å². The Morgan fingerprint density at radius 3 is 2.48 bits per heavy atom. The Balaban J connectivity index is 1.78. The average molecular weight is 280 g/mol. The lowest BCUT2D eigenvalue weighted by Crippen LogP contribution is -2.45. The van der Waals surface area contributed by atoms with E-state index >= 15 is 0 Å². The molecule has 0 aliphatic carbocycles. The summed E-state index contributed by atoms with van der Waals surface area (Å²) in [7, 11) is 0. The van der Waals surface area contributed by atoms with E-state index in [-0.39, 0.29) is 0 Å². The van der Waals surface area contributed by atoms with E-state index in [4.69, 9.17) is 4.74 Å². The van der Waals surface area contributed by atoms with Crippen molar-refractivity contribution in [2.24, 2.45) is 0 Å². The maximum atomic E-state index is 6.18. The monoisotopic (exact) mass is 280 g/mol. The molecule has 108 valence electrons. The predicted molar refractivity (Wildman–Crippen MR) is 83.8 cm³/mol. The van der Waals surface area contributed by atoms with E-state index in [9.17, 15) is 0 Å². The molecule has 1 N–H and O–H groups in total. The Morgan fingerprint density at radius 2 is 1.62 bits per heavy atom. The van der Waals surface area contributed by atoms with Crippen molar-refractivity contribution >= 4 is 0 Å². The zero-order chi connectivity index (χ0) is 14.1. The molecule has 2 aliphatic rings. The minimum atomic E-state index is 0.409. The van der Waals surface area contributed by atoms with Crippen molar-refractivity contribution in [3.8, 4) is 11.5 Å². The van der Waals surface area contributed by atoms with E-state index in [0.29, 0.717) is 6.04 Å². The first kappa shape index (κ1) is 12.9. The average Bonchev–Trinajstić information content (AvgIpc) is 2.72. The second-order valence-electron chi connectivity index (χ2n) is 5.75. The molecule has 1 unspecified atom stereocenters. The first-order valence-corrected chi connectivity index (χ1v) is 7.71. The van der Waals surface area contributed by atoms with E-state index in [0.717, 1.165) is 44.1 Å². The first-order chi connectivity index (χ1) is 10.4. The van der Waals surface area contributed by atoms with Crippen LogP contribution in [-0.2, 0) is 6.42 Å². The number of nitrogens with one attached hydrogen (secondary N) is 1. The van der Waals surface area contributed by atoms with Gasteiger partial charge in [-0.1, -0.05) is 36.4 Å². The molecule has 0 saturated carbocycles. The van der Waals surface area contributed by atoms with Crippen LogP contribution in [0.1, 0.15) is 17.2 Å². The maximum absolute atomic E-state index is 6.18. The number of fused-ring (bicyclic) bond motifs is 2. The number of para-hydroxylation sites is 2. The topological polar surface area (TPSA) is 24.5 Å². The fraction of sp³-hybridized carbons (Fsp3) is 0.333. The van der Waals surface area contributed by atoms with E-state index in [1.54, 1.807) is 0 Å². The Morgan fingerprint density at radius 1 is 0.905 bits per heavy atom. The number of rotatable bonds is 1. The van der Waals surface area contributed by atoms with E-state index in [1.807, 2.05) is 6.07 Å². The highest BCUT2D eigenvalue weighted by molar-refractivity contribution is 5.46. The van der Waals surface area contributed by atoms with Gasteiger partial charge in [0, 0.05) is 37.8 Å². The van der Waals surface area contributed by atoms with Crippen LogP contribution in [0.25, 0.3) is 0 Å². The highest BCUT2D eigenvalue weighted by Crippen LogP contribution is 2.40. The van der Waals surface area contributed by atoms with Crippen LogP contribution in [0.5, 0.6) is 11.5 Å². The van der Waals surface area contributed by atoms with Gasteiger partial charge in [0.05, 0.1) is 0 Å². The Bertz CT molecular complexity index is 635. The molecule has 2 heterocycles. The van der Waals surface area contributed by atoms with Crippen molar-refractivity contribution in [2.75, 3.05) is 26.2 Å². The smallest absolute Gasteiger partial charge is 0.132 e. The molecular weight excluding hydrogens is 260 g/mol. The fourth-order valence-electron chi connectivity index (χ4n) is 3.38. The molecule has 3 heteroatoms. The summed E-state index contributed by atoms with van der Waals surface area (Å²) in [5.74, 6) is 2.01. The zero-order valence-electron chi connectivity index (χ0n) is 12.1. The lowest BCUT2D eigenvalue weighted by Gasteiger charge is -2.35. The molecular formula is C18H20N2O. The highest BCUT2D eigenvalue weighted by atomic mass is 16.5. The molecule has 1 saturated heterocycles. The largest absolute Gasteiger partial charge is 0.457 e. The Hall–Kier alpha value is -1.84. The van der Waals surface area contributed by atoms with Crippen LogP contribution < -0.4 is 10.1 Å². The van der Waals surface area contributed by atoms with E-state index < -0.39 is 0 Å². The summed E-state index contributed by atoms with van der Waals surface area (Å²) < 4.78 is 6.18. The Kier molecular flexibility index (Phi) is 3.37. The van der Waals surface area contributed by atoms with Crippen LogP contribution in [0, 0.1) is 0 Å². The molecule has 0 aromatic heterocycles. The normalized spacial score (nSPS) is 21.8. The van der Waals surface area contributed by atoms with Crippen LogP contribution in [0.4, 0.5) is 0 Å². The lowest BCUT2D eigenvalue weighted by molar-refractivity contribution is 0.172. The molecule has 1 atom stereocenters. The second kappa shape index (κ2) is 5.51. The fourth-order valence-corrected chi connectivity index (χ4v) is 3.38. The molecule has 2 aromatic rings. The third-order valence-electron chi connectivity index (χ3n) is 4.48. The van der Waals surface area contributed by atoms with Gasteiger partial charge in [0.2, 0.25) is 0 Å². The Labute approximate surface area is 125 Å². The predicted octanol–water partition coefficient (Wildman–Crippen LogP) is 2.98. The third kappa shape index (κ3) is 2.43. The third-order valence-corrected chi connectivity index (χ3v) is 4.48. The lowest BCUT2D eigenvalue weighted by atomic mass is 9.97. The summed E-state index contributed by atoms with van der Waals surface area (Å²) in [4.78, 5) is 2.58. The molecule has 0 amide bonds. The summed E-state index contributed by atoms with van der Waals surface area (Å²) in [5, 5.41) is 3.44. The van der Waals surface area contributed by atoms with Crippen molar-refractivity contribution in [1.82, 2.24) is 10.2 Å². The van der Waals surface area contributed by atoms with Gasteiger partial charge >= 0.3 is 0 Å². The minimum absolute atomic E-state index is 0.409. The molecule has 21 heavy (non-hydrogen) atoms. The van der Waals surface area contributed by atoms with Gasteiger partial charge in [0.1, 0.15) is 11.5 Å². The van der Waals surface area contributed by atoms with Crippen molar-refractivity contribution in [1.29, 1.82) is 0 Å². The first-order valence-electron chi connectivity index (χ1n) is 7.71. The molecule has 0 bridgehead atoms. The SMILES string of the molecule is c1ccc2c(c1)CC(N1CCNCC1)c1ccccc1O2. The zero-order valence-corrected chi connectivity index (χ0v) is 12.1. The second-order valence-corrected chi connectivity index (χ2v) is 5.75. The van der Waals surface area contributed by atoms with Gasteiger partial charge in [-0.2, -0.15) is 0 Å². The number of nitrogens with zero attached hydrogens (tertiary/aromatic N) is 1. The number of piperazine rings is 1. The van der Waals surface area contributed by atoms with Crippen LogP contribution in [0.15, 0.2) is 48.5 Å². The molecule has 2 aliphatic heterocycles. The van der Waals surface area contributed by atoms with Gasteiger partial charge in [0.25, 0.3) is 0 Å². The number of hydrogen-bond acceptors (Lipinski definition) is 3. The standard InChI is InChI=1S/C18H20N2O/c1-3-7-17-14(5-1)13-16(20-11-9-19-10-12-20)15-6-2-4-8-18(15)21-17/h1-8,16,19H,9-13H2. The minimum Gasteiger partial charge on any atom is -0.457 e. The highest BCUT2D eigenvalue weighted by Gasteiger charge is 2.28.